The van der Waals surface area contributed by atoms with Crippen LogP contribution in [0, 0.1) is 22.7 Å². The molecule has 0 radical (unpaired) electrons. The van der Waals surface area contributed by atoms with Gasteiger partial charge in [-0.3, -0.25) is 5.32 Å². The molecule has 1 aromatic heterocycles. The maximum Gasteiger partial charge on any atom is 0.324 e. The Morgan fingerprint density at radius 2 is 2.04 bits per heavy atom. The Hall–Kier alpha value is -2.03. The van der Waals surface area contributed by atoms with E-state index in [9.17, 15) is 10.1 Å². The van der Waals surface area contributed by atoms with Crippen LogP contribution in [0.3, 0.4) is 0 Å². The van der Waals surface area contributed by atoms with Gasteiger partial charge in [0.2, 0.25) is 0 Å². The molecule has 1 unspecified atom stereocenters. The van der Waals surface area contributed by atoms with E-state index >= 15 is 0 Å². The summed E-state index contributed by atoms with van der Waals surface area (Å²) in [6, 6.07) is 8.87. The van der Waals surface area contributed by atoms with Crippen LogP contribution in [0.25, 0.3) is 0 Å². The van der Waals surface area contributed by atoms with Gasteiger partial charge in [0, 0.05) is 15.6 Å². The molecule has 1 aliphatic carbocycles. The minimum absolute atomic E-state index is 0.286. The number of benzene rings is 1. The fourth-order valence-electron chi connectivity index (χ4n) is 3.55. The molecule has 2 aromatic rings. The lowest BCUT2D eigenvalue weighted by Crippen LogP contribution is -2.28. The van der Waals surface area contributed by atoms with Crippen molar-refractivity contribution in [2.24, 2.45) is 11.3 Å². The van der Waals surface area contributed by atoms with Crippen LogP contribution in [0.2, 0.25) is 5.02 Å². The summed E-state index contributed by atoms with van der Waals surface area (Å²) >= 11 is 7.41. The minimum atomic E-state index is -0.349. The third-order valence-electron chi connectivity index (χ3n) is 5.72. The van der Waals surface area contributed by atoms with Crippen LogP contribution in [0.5, 0.6) is 0 Å². The number of hydrogen-bond acceptors (Lipinski definition) is 3. The number of rotatable bonds is 4. The standard InChI is InChI=1S/C21H24ClN3OS/c1-4-21(2,3)13-5-10-16-17(12-23)19(27-18(16)11-13)25-20(26)24-15-8-6-14(22)7-9-15/h6-9,13H,4-5,10-11H2,1-3H3,(H2,24,25,26). The monoisotopic (exact) mass is 401 g/mol. The van der Waals surface area contributed by atoms with Gasteiger partial charge in [0.15, 0.2) is 0 Å². The highest BCUT2D eigenvalue weighted by Gasteiger charge is 2.34. The first-order valence-corrected chi connectivity index (χ1v) is 10.4. The zero-order valence-corrected chi connectivity index (χ0v) is 17.4. The molecule has 0 aliphatic heterocycles. The molecule has 1 atom stereocenters. The van der Waals surface area contributed by atoms with E-state index in [0.29, 0.717) is 27.2 Å². The van der Waals surface area contributed by atoms with Crippen LogP contribution in [-0.4, -0.2) is 6.03 Å². The molecular weight excluding hydrogens is 378 g/mol. The second-order valence-electron chi connectivity index (χ2n) is 7.69. The first-order valence-electron chi connectivity index (χ1n) is 9.22. The first-order chi connectivity index (χ1) is 12.8. The molecule has 0 saturated carbocycles. The van der Waals surface area contributed by atoms with Crippen LogP contribution < -0.4 is 10.6 Å². The second kappa shape index (κ2) is 7.92. The van der Waals surface area contributed by atoms with E-state index in [1.807, 2.05) is 0 Å². The summed E-state index contributed by atoms with van der Waals surface area (Å²) < 4.78 is 0. The van der Waals surface area contributed by atoms with Crippen LogP contribution in [-0.2, 0) is 12.8 Å². The van der Waals surface area contributed by atoms with E-state index in [0.717, 1.165) is 31.2 Å². The van der Waals surface area contributed by atoms with Crippen molar-refractivity contribution in [2.45, 2.75) is 46.5 Å². The van der Waals surface area contributed by atoms with Gasteiger partial charge in [0.25, 0.3) is 0 Å². The Labute approximate surface area is 169 Å². The number of urea groups is 1. The van der Waals surface area contributed by atoms with Gasteiger partial charge in [-0.2, -0.15) is 5.26 Å². The zero-order chi connectivity index (χ0) is 19.6. The smallest absolute Gasteiger partial charge is 0.308 e. The van der Waals surface area contributed by atoms with E-state index in [1.54, 1.807) is 35.6 Å². The largest absolute Gasteiger partial charge is 0.324 e. The lowest BCUT2D eigenvalue weighted by atomic mass is 9.69. The van der Waals surface area contributed by atoms with Gasteiger partial charge in [-0.15, -0.1) is 11.3 Å². The lowest BCUT2D eigenvalue weighted by molar-refractivity contribution is 0.184. The van der Waals surface area contributed by atoms with Crippen LogP contribution in [0.1, 0.15) is 49.6 Å². The van der Waals surface area contributed by atoms with Gasteiger partial charge >= 0.3 is 6.03 Å². The van der Waals surface area contributed by atoms with Gasteiger partial charge in [-0.05, 0) is 60.4 Å². The number of nitriles is 1. The van der Waals surface area contributed by atoms with Crippen molar-refractivity contribution in [3.05, 3.63) is 45.3 Å². The number of halogens is 1. The van der Waals surface area contributed by atoms with Crippen LogP contribution >= 0.6 is 22.9 Å². The summed E-state index contributed by atoms with van der Waals surface area (Å²) in [6.45, 7) is 6.87. The molecule has 27 heavy (non-hydrogen) atoms. The molecule has 142 valence electrons. The molecule has 1 aliphatic rings. The highest BCUT2D eigenvalue weighted by Crippen LogP contribution is 2.45. The van der Waals surface area contributed by atoms with Crippen molar-refractivity contribution in [3.63, 3.8) is 0 Å². The van der Waals surface area contributed by atoms with Crippen LogP contribution in [0.4, 0.5) is 15.5 Å². The summed E-state index contributed by atoms with van der Waals surface area (Å²) in [6.07, 6.45) is 4.12. The molecule has 0 fully saturated rings. The van der Waals surface area contributed by atoms with E-state index in [4.69, 9.17) is 11.6 Å². The average molecular weight is 402 g/mol. The molecule has 0 bridgehead atoms. The minimum Gasteiger partial charge on any atom is -0.308 e. The van der Waals surface area contributed by atoms with Crippen molar-refractivity contribution < 1.29 is 4.79 Å². The van der Waals surface area contributed by atoms with Crippen molar-refractivity contribution in [2.75, 3.05) is 10.6 Å². The maximum absolute atomic E-state index is 12.4. The molecule has 1 heterocycles. The van der Waals surface area contributed by atoms with E-state index < -0.39 is 0 Å². The number of thiophene rings is 1. The highest BCUT2D eigenvalue weighted by atomic mass is 35.5. The number of nitrogens with one attached hydrogen (secondary N) is 2. The topological polar surface area (TPSA) is 64.9 Å². The lowest BCUT2D eigenvalue weighted by Gasteiger charge is -2.36. The normalized spacial score (nSPS) is 16.3. The van der Waals surface area contributed by atoms with Gasteiger partial charge in [0.05, 0.1) is 5.56 Å². The number of amides is 2. The molecule has 6 heteroatoms. The van der Waals surface area contributed by atoms with E-state index in [2.05, 4.69) is 37.5 Å². The molecule has 2 amide bonds. The quantitative estimate of drug-likeness (QED) is 0.617. The SMILES string of the molecule is CCC(C)(C)C1CCc2c(sc(NC(=O)Nc3ccc(Cl)cc3)c2C#N)C1. The third-order valence-corrected chi connectivity index (χ3v) is 7.14. The fraction of sp³-hybridized carbons (Fsp3) is 0.429. The first kappa shape index (κ1) is 19.7. The van der Waals surface area contributed by atoms with Gasteiger partial charge in [-0.1, -0.05) is 38.8 Å². The third kappa shape index (κ3) is 4.28. The molecule has 0 saturated heterocycles. The Balaban J connectivity index is 1.76. The predicted molar refractivity (Wildman–Crippen MR) is 113 cm³/mol. The Kier molecular flexibility index (Phi) is 5.78. The summed E-state index contributed by atoms with van der Waals surface area (Å²) in [5.41, 5.74) is 2.68. The number of carbonyl (C=O) groups excluding carboxylic acids is 1. The summed E-state index contributed by atoms with van der Waals surface area (Å²) in [7, 11) is 0. The highest BCUT2D eigenvalue weighted by molar-refractivity contribution is 7.16. The Morgan fingerprint density at radius 3 is 2.67 bits per heavy atom. The Bertz CT molecular complexity index is 880. The molecule has 2 N–H and O–H groups in total. The molecular formula is C21H24ClN3OS. The number of nitrogens with zero attached hydrogens (tertiary/aromatic N) is 1. The average Bonchev–Trinajstić information content (AvgIpc) is 2.99. The number of carbonyl (C=O) groups is 1. The molecule has 3 rings (SSSR count). The van der Waals surface area contributed by atoms with Gasteiger partial charge < -0.3 is 5.32 Å². The maximum atomic E-state index is 12.4. The molecule has 1 aromatic carbocycles. The molecule has 4 nitrogen and oxygen atoms in total. The molecule has 0 spiro atoms. The fourth-order valence-corrected chi connectivity index (χ4v) is 4.95. The summed E-state index contributed by atoms with van der Waals surface area (Å²) in [5, 5.41) is 16.5. The van der Waals surface area contributed by atoms with Crippen LogP contribution in [0.15, 0.2) is 24.3 Å². The van der Waals surface area contributed by atoms with Crippen molar-refractivity contribution >= 4 is 39.7 Å². The van der Waals surface area contributed by atoms with E-state index in [1.165, 1.54) is 4.88 Å². The summed E-state index contributed by atoms with van der Waals surface area (Å²) in [5.74, 6) is 0.607. The second-order valence-corrected chi connectivity index (χ2v) is 9.23. The number of hydrogen-bond donors (Lipinski definition) is 2. The number of anilines is 2. The van der Waals surface area contributed by atoms with E-state index in [-0.39, 0.29) is 11.4 Å². The Morgan fingerprint density at radius 1 is 1.33 bits per heavy atom. The van der Waals surface area contributed by atoms with Crippen molar-refractivity contribution in [3.8, 4) is 6.07 Å². The van der Waals surface area contributed by atoms with Gasteiger partial charge in [0.1, 0.15) is 11.1 Å². The van der Waals surface area contributed by atoms with Gasteiger partial charge in [-0.25, -0.2) is 4.79 Å². The predicted octanol–water partition coefficient (Wildman–Crippen LogP) is 6.46. The zero-order valence-electron chi connectivity index (χ0n) is 15.9. The number of fused-ring (bicyclic) bond motifs is 1. The van der Waals surface area contributed by atoms with Crippen molar-refractivity contribution in [1.29, 1.82) is 5.26 Å². The van der Waals surface area contributed by atoms with Crippen molar-refractivity contribution in [1.82, 2.24) is 0 Å². The summed E-state index contributed by atoms with van der Waals surface area (Å²) in [4.78, 5) is 13.6.